The van der Waals surface area contributed by atoms with Gasteiger partial charge in [-0.25, -0.2) is 0 Å². The highest BCUT2D eigenvalue weighted by Gasteiger charge is 2.08. The maximum Gasteiger partial charge on any atom is 0.0441 e. The molecule has 4 heteroatoms. The molecule has 1 rings (SSSR count). The Hall–Kier alpha value is -0.0300. The number of benzene rings is 1. The molecule has 0 radical (unpaired) electrons. The average molecular weight is 304 g/mol. The zero-order chi connectivity index (χ0) is 12.0. The fraction of sp³-hybridized carbons (Fsp3) is 0.500. The molecule has 0 aliphatic carbocycles. The number of aliphatic hydroxyl groups excluding tert-OH is 1. The van der Waals surface area contributed by atoms with Crippen LogP contribution in [0.15, 0.2) is 27.6 Å². The van der Waals surface area contributed by atoms with Crippen molar-refractivity contribution in [2.75, 3.05) is 13.7 Å². The summed E-state index contributed by atoms with van der Waals surface area (Å²) in [7, 11) is 1.95. The van der Waals surface area contributed by atoms with Crippen LogP contribution in [0, 0.1) is 0 Å². The Morgan fingerprint density at radius 1 is 1.50 bits per heavy atom. The van der Waals surface area contributed by atoms with Gasteiger partial charge in [-0.05, 0) is 31.2 Å². The summed E-state index contributed by atoms with van der Waals surface area (Å²) in [5, 5.41) is 12.5. The first-order chi connectivity index (χ1) is 7.67. The zero-order valence-electron chi connectivity index (χ0n) is 9.66. The topological polar surface area (TPSA) is 32.3 Å². The summed E-state index contributed by atoms with van der Waals surface area (Å²) in [5.41, 5.74) is 1.31. The van der Waals surface area contributed by atoms with E-state index in [9.17, 15) is 0 Å². The lowest BCUT2D eigenvalue weighted by molar-refractivity contribution is 0.289. The molecule has 2 N–H and O–H groups in total. The lowest BCUT2D eigenvalue weighted by atomic mass is 10.2. The van der Waals surface area contributed by atoms with Crippen LogP contribution in [0.2, 0.25) is 0 Å². The molecule has 0 aromatic heterocycles. The van der Waals surface area contributed by atoms with Crippen molar-refractivity contribution >= 4 is 27.7 Å². The second-order valence-electron chi connectivity index (χ2n) is 3.72. The summed E-state index contributed by atoms with van der Waals surface area (Å²) in [6.45, 7) is 3.27. The van der Waals surface area contributed by atoms with Gasteiger partial charge >= 0.3 is 0 Å². The van der Waals surface area contributed by atoms with Crippen LogP contribution in [-0.4, -0.2) is 24.0 Å². The van der Waals surface area contributed by atoms with E-state index in [1.165, 1.54) is 10.5 Å². The van der Waals surface area contributed by atoms with E-state index >= 15 is 0 Å². The van der Waals surface area contributed by atoms with Crippen LogP contribution < -0.4 is 5.32 Å². The summed E-state index contributed by atoms with van der Waals surface area (Å²) in [6, 6.07) is 6.34. The molecule has 1 aromatic carbocycles. The van der Waals surface area contributed by atoms with Crippen LogP contribution >= 0.6 is 27.7 Å². The first-order valence-corrected chi connectivity index (χ1v) is 7.05. The van der Waals surface area contributed by atoms with E-state index in [1.54, 1.807) is 0 Å². The fourth-order valence-electron chi connectivity index (χ4n) is 1.43. The Bertz CT molecular complexity index is 333. The third-order valence-electron chi connectivity index (χ3n) is 2.26. The Labute approximate surface area is 110 Å². The molecule has 0 saturated heterocycles. The van der Waals surface area contributed by atoms with Crippen molar-refractivity contribution < 1.29 is 5.11 Å². The number of hydrogen-bond donors (Lipinski definition) is 2. The molecule has 0 fully saturated rings. The number of nitrogens with one attached hydrogen (secondary N) is 1. The molecule has 0 aliphatic rings. The second-order valence-corrected chi connectivity index (χ2v) is 6.12. The standard InChI is InChI=1S/C12H18BrNOS/c1-9(5-6-15)16-12-7-11(13)4-3-10(12)8-14-2/h3-4,7,9,14-15H,5-6,8H2,1-2H3. The molecule has 0 spiro atoms. The Morgan fingerprint density at radius 2 is 2.25 bits per heavy atom. The summed E-state index contributed by atoms with van der Waals surface area (Å²) in [6.07, 6.45) is 0.830. The highest BCUT2D eigenvalue weighted by Crippen LogP contribution is 2.30. The molecular formula is C12H18BrNOS. The fourth-order valence-corrected chi connectivity index (χ4v) is 3.09. The van der Waals surface area contributed by atoms with Gasteiger partial charge in [0.25, 0.3) is 0 Å². The molecule has 0 bridgehead atoms. The van der Waals surface area contributed by atoms with Crippen molar-refractivity contribution in [3.63, 3.8) is 0 Å². The van der Waals surface area contributed by atoms with E-state index in [2.05, 4.69) is 46.4 Å². The van der Waals surface area contributed by atoms with E-state index < -0.39 is 0 Å². The number of thioether (sulfide) groups is 1. The summed E-state index contributed by atoms with van der Waals surface area (Å²) < 4.78 is 1.10. The minimum absolute atomic E-state index is 0.254. The summed E-state index contributed by atoms with van der Waals surface area (Å²) in [5.74, 6) is 0. The molecule has 0 aliphatic heterocycles. The van der Waals surface area contributed by atoms with Crippen LogP contribution in [0.3, 0.4) is 0 Å². The van der Waals surface area contributed by atoms with Gasteiger partial charge in [-0.1, -0.05) is 28.9 Å². The van der Waals surface area contributed by atoms with E-state index in [-0.39, 0.29) is 6.61 Å². The van der Waals surface area contributed by atoms with Gasteiger partial charge in [0, 0.05) is 27.8 Å². The zero-order valence-corrected chi connectivity index (χ0v) is 12.1. The first kappa shape index (κ1) is 14.0. The van der Waals surface area contributed by atoms with Crippen molar-refractivity contribution in [3.05, 3.63) is 28.2 Å². The molecule has 0 heterocycles. The monoisotopic (exact) mass is 303 g/mol. The predicted octanol–water partition coefficient (Wildman–Crippen LogP) is 3.03. The van der Waals surface area contributed by atoms with E-state index in [0.717, 1.165) is 17.4 Å². The molecule has 0 saturated carbocycles. The van der Waals surface area contributed by atoms with Crippen LogP contribution in [0.1, 0.15) is 18.9 Å². The maximum absolute atomic E-state index is 8.91. The highest BCUT2D eigenvalue weighted by molar-refractivity contribution is 9.10. The lowest BCUT2D eigenvalue weighted by Gasteiger charge is -2.14. The number of halogens is 1. The average Bonchev–Trinajstić information content (AvgIpc) is 2.22. The van der Waals surface area contributed by atoms with E-state index in [1.807, 2.05) is 18.8 Å². The van der Waals surface area contributed by atoms with Crippen LogP contribution in [0.4, 0.5) is 0 Å². The van der Waals surface area contributed by atoms with Gasteiger partial charge in [0.1, 0.15) is 0 Å². The number of aliphatic hydroxyl groups is 1. The molecule has 2 nitrogen and oxygen atoms in total. The third-order valence-corrected chi connectivity index (χ3v) is 4.03. The minimum Gasteiger partial charge on any atom is -0.396 e. The predicted molar refractivity (Wildman–Crippen MR) is 73.9 cm³/mol. The van der Waals surface area contributed by atoms with Gasteiger partial charge in [-0.2, -0.15) is 0 Å². The molecule has 16 heavy (non-hydrogen) atoms. The lowest BCUT2D eigenvalue weighted by Crippen LogP contribution is -2.07. The molecule has 1 aromatic rings. The van der Waals surface area contributed by atoms with Crippen LogP contribution in [0.25, 0.3) is 0 Å². The van der Waals surface area contributed by atoms with Crippen molar-refractivity contribution in [1.82, 2.24) is 5.32 Å². The molecular weight excluding hydrogens is 286 g/mol. The van der Waals surface area contributed by atoms with Crippen LogP contribution in [0.5, 0.6) is 0 Å². The number of rotatable bonds is 6. The van der Waals surface area contributed by atoms with Gasteiger partial charge in [0.05, 0.1) is 0 Å². The van der Waals surface area contributed by atoms with Gasteiger partial charge in [0.2, 0.25) is 0 Å². The number of hydrogen-bond acceptors (Lipinski definition) is 3. The Kier molecular flexibility index (Phi) is 6.43. The molecule has 0 amide bonds. The van der Waals surface area contributed by atoms with E-state index in [0.29, 0.717) is 5.25 Å². The Balaban J connectivity index is 2.78. The minimum atomic E-state index is 0.254. The Morgan fingerprint density at radius 3 is 2.88 bits per heavy atom. The SMILES string of the molecule is CNCc1ccc(Br)cc1SC(C)CCO. The summed E-state index contributed by atoms with van der Waals surface area (Å²) in [4.78, 5) is 1.28. The normalized spacial score (nSPS) is 12.8. The van der Waals surface area contributed by atoms with E-state index in [4.69, 9.17) is 5.11 Å². The van der Waals surface area contributed by atoms with Crippen molar-refractivity contribution in [2.24, 2.45) is 0 Å². The quantitative estimate of drug-likeness (QED) is 0.792. The largest absolute Gasteiger partial charge is 0.396 e. The summed E-state index contributed by atoms with van der Waals surface area (Å²) >= 11 is 5.31. The first-order valence-electron chi connectivity index (χ1n) is 5.38. The van der Waals surface area contributed by atoms with Gasteiger partial charge in [-0.15, -0.1) is 11.8 Å². The molecule has 90 valence electrons. The van der Waals surface area contributed by atoms with Gasteiger partial charge < -0.3 is 10.4 Å². The highest BCUT2D eigenvalue weighted by atomic mass is 79.9. The third kappa shape index (κ3) is 4.45. The van der Waals surface area contributed by atoms with Crippen molar-refractivity contribution in [3.8, 4) is 0 Å². The van der Waals surface area contributed by atoms with Gasteiger partial charge in [0.15, 0.2) is 0 Å². The van der Waals surface area contributed by atoms with Crippen LogP contribution in [-0.2, 0) is 6.54 Å². The van der Waals surface area contributed by atoms with Crippen molar-refractivity contribution in [1.29, 1.82) is 0 Å². The van der Waals surface area contributed by atoms with Crippen molar-refractivity contribution in [2.45, 2.75) is 30.0 Å². The van der Waals surface area contributed by atoms with Gasteiger partial charge in [-0.3, -0.25) is 0 Å². The molecule has 1 unspecified atom stereocenters. The smallest absolute Gasteiger partial charge is 0.0441 e. The molecule has 1 atom stereocenters. The second kappa shape index (κ2) is 7.33. The maximum atomic E-state index is 8.91.